The maximum atomic E-state index is 14.4. The van der Waals surface area contributed by atoms with Crippen molar-refractivity contribution in [2.24, 2.45) is 0 Å². The number of pyridine rings is 1. The maximum absolute atomic E-state index is 14.4. The van der Waals surface area contributed by atoms with E-state index in [1.165, 1.54) is 6.07 Å². The number of likely N-dealkylation sites (tertiary alicyclic amines) is 1. The van der Waals surface area contributed by atoms with Gasteiger partial charge in [0.2, 0.25) is 0 Å². The largest absolute Gasteiger partial charge is 0.454 e. The average Bonchev–Trinajstić information content (AvgIpc) is 3.34. The number of carbonyl (C=O) groups is 1. The lowest BCUT2D eigenvalue weighted by Gasteiger charge is -2.33. The van der Waals surface area contributed by atoms with Crippen molar-refractivity contribution in [1.29, 1.82) is 0 Å². The molecule has 4 aromatic rings. The molecule has 10 heteroatoms. The molecule has 3 heterocycles. The van der Waals surface area contributed by atoms with Gasteiger partial charge >= 0.3 is 6.09 Å². The Hall–Kier alpha value is -4.18. The fraction of sp³-hybridized carbons (Fsp3) is 0.355. The number of hydrogen-bond acceptors (Lipinski definition) is 6. The summed E-state index contributed by atoms with van der Waals surface area (Å²) in [5.74, 6) is -1.11. The number of methoxy groups -OCH3 is 1. The van der Waals surface area contributed by atoms with E-state index < -0.39 is 17.2 Å². The molecule has 0 radical (unpaired) electrons. The predicted octanol–water partition coefficient (Wildman–Crippen LogP) is 7.14. The van der Waals surface area contributed by atoms with Gasteiger partial charge in [-0.2, -0.15) is 0 Å². The molecule has 0 aliphatic carbocycles. The topological polar surface area (TPSA) is 103 Å². The second-order valence-corrected chi connectivity index (χ2v) is 11.2. The molecule has 1 saturated heterocycles. The summed E-state index contributed by atoms with van der Waals surface area (Å²) in [5, 5.41) is 0.881. The van der Waals surface area contributed by atoms with Crippen LogP contribution in [0.25, 0.3) is 22.0 Å². The normalized spacial score (nSPS) is 14.4. The molecule has 0 saturated carbocycles. The number of piperidine rings is 1. The van der Waals surface area contributed by atoms with E-state index in [9.17, 15) is 13.6 Å². The van der Waals surface area contributed by atoms with Gasteiger partial charge in [-0.15, -0.1) is 0 Å². The summed E-state index contributed by atoms with van der Waals surface area (Å²) < 4.78 is 44.8. The molecule has 216 valence electrons. The first kappa shape index (κ1) is 28.4. The van der Waals surface area contributed by atoms with Gasteiger partial charge in [0, 0.05) is 66.3 Å². The average molecular weight is 565 g/mol. The third-order valence-electron chi connectivity index (χ3n) is 7.02. The molecule has 1 aliphatic rings. The molecule has 8 nitrogen and oxygen atoms in total. The van der Waals surface area contributed by atoms with Gasteiger partial charge in [0.25, 0.3) is 0 Å². The number of rotatable bonds is 6. The smallest absolute Gasteiger partial charge is 0.410 e. The number of aromatic amines is 1. The molecule has 1 aliphatic heterocycles. The van der Waals surface area contributed by atoms with Crippen LogP contribution in [0.1, 0.15) is 50.9 Å². The van der Waals surface area contributed by atoms with E-state index in [1.807, 2.05) is 33.0 Å². The second kappa shape index (κ2) is 11.4. The van der Waals surface area contributed by atoms with E-state index in [2.05, 4.69) is 4.98 Å². The lowest BCUT2D eigenvalue weighted by atomic mass is 9.91. The Bertz CT molecular complexity index is 1570. The Morgan fingerprint density at radius 2 is 1.80 bits per heavy atom. The molecule has 41 heavy (non-hydrogen) atoms. The van der Waals surface area contributed by atoms with Crippen molar-refractivity contribution in [3.05, 3.63) is 71.7 Å². The lowest BCUT2D eigenvalue weighted by Crippen LogP contribution is -2.41. The van der Waals surface area contributed by atoms with Crippen LogP contribution in [-0.4, -0.2) is 46.8 Å². The summed E-state index contributed by atoms with van der Waals surface area (Å²) in [7, 11) is 1.62. The predicted molar refractivity (Wildman–Crippen MR) is 153 cm³/mol. The number of nitrogens with one attached hydrogen (secondary N) is 1. The molecule has 2 aromatic carbocycles. The van der Waals surface area contributed by atoms with Crippen molar-refractivity contribution in [3.63, 3.8) is 0 Å². The molecule has 0 spiro atoms. The first-order chi connectivity index (χ1) is 19.5. The van der Waals surface area contributed by atoms with Crippen LogP contribution in [0.4, 0.5) is 19.3 Å². The van der Waals surface area contributed by atoms with Crippen LogP contribution >= 0.6 is 0 Å². The standard InChI is InChI=1S/C31H34F2N4O4/c1-31(2,3)41-30(38)37-11-9-18(10-12-37)25-15-22-23(16-35-29(22)26(36-25)17-39-4)21-14-20(34)6-8-27(21)40-28-7-5-19(32)13-24(28)33/h5-8,13-16,18,35H,9-12,17,34H2,1-4H3. The number of carbonyl (C=O) groups excluding carboxylic acids is 1. The Labute approximate surface area is 237 Å². The number of nitrogen functional groups attached to an aromatic ring is 1. The van der Waals surface area contributed by atoms with Crippen LogP contribution in [0.5, 0.6) is 11.5 Å². The molecule has 2 aromatic heterocycles. The van der Waals surface area contributed by atoms with Crippen molar-refractivity contribution < 1.29 is 27.8 Å². The van der Waals surface area contributed by atoms with Gasteiger partial charge in [-0.25, -0.2) is 13.6 Å². The number of benzene rings is 2. The minimum Gasteiger partial charge on any atom is -0.454 e. The maximum Gasteiger partial charge on any atom is 0.410 e. The summed E-state index contributed by atoms with van der Waals surface area (Å²) in [6.45, 7) is 6.99. The van der Waals surface area contributed by atoms with Crippen molar-refractivity contribution >= 4 is 22.7 Å². The van der Waals surface area contributed by atoms with E-state index in [1.54, 1.807) is 30.2 Å². The minimum atomic E-state index is -0.807. The highest BCUT2D eigenvalue weighted by Crippen LogP contribution is 2.41. The summed E-state index contributed by atoms with van der Waals surface area (Å²) >= 11 is 0. The van der Waals surface area contributed by atoms with Gasteiger partial charge in [-0.1, -0.05) is 0 Å². The monoisotopic (exact) mass is 564 g/mol. The fourth-order valence-electron chi connectivity index (χ4n) is 5.10. The zero-order chi connectivity index (χ0) is 29.3. The number of hydrogen-bond donors (Lipinski definition) is 2. The highest BCUT2D eigenvalue weighted by atomic mass is 19.1. The first-order valence-electron chi connectivity index (χ1n) is 13.5. The van der Waals surface area contributed by atoms with Crippen LogP contribution in [0.15, 0.2) is 48.7 Å². The van der Waals surface area contributed by atoms with E-state index in [0.717, 1.165) is 52.8 Å². The highest BCUT2D eigenvalue weighted by molar-refractivity contribution is 5.98. The van der Waals surface area contributed by atoms with Crippen molar-refractivity contribution in [1.82, 2.24) is 14.9 Å². The van der Waals surface area contributed by atoms with E-state index in [4.69, 9.17) is 24.9 Å². The minimum absolute atomic E-state index is 0.101. The molecule has 5 rings (SSSR count). The Kier molecular flexibility index (Phi) is 7.86. The number of fused-ring (bicyclic) bond motifs is 1. The molecule has 1 amide bonds. The third-order valence-corrected chi connectivity index (χ3v) is 7.02. The molecule has 0 bridgehead atoms. The van der Waals surface area contributed by atoms with E-state index in [0.29, 0.717) is 36.7 Å². The van der Waals surface area contributed by atoms with E-state index >= 15 is 0 Å². The number of nitrogens with two attached hydrogens (primary N) is 1. The van der Waals surface area contributed by atoms with Crippen LogP contribution in [0, 0.1) is 11.6 Å². The Morgan fingerprint density at radius 1 is 1.07 bits per heavy atom. The SMILES string of the molecule is COCc1nc(C2CCN(C(=O)OC(C)(C)C)CC2)cc2c(-c3cc(N)ccc3Oc3ccc(F)cc3F)c[nH]c12. The quantitative estimate of drug-likeness (QED) is 0.241. The van der Waals surface area contributed by atoms with Gasteiger partial charge in [0.05, 0.1) is 17.8 Å². The number of aromatic nitrogens is 2. The summed E-state index contributed by atoms with van der Waals surface area (Å²) in [6, 6.07) is 10.3. The van der Waals surface area contributed by atoms with E-state index in [-0.39, 0.29) is 17.8 Å². The molecule has 0 atom stereocenters. The first-order valence-corrected chi connectivity index (χ1v) is 13.5. The van der Waals surface area contributed by atoms with Gasteiger partial charge in [-0.3, -0.25) is 4.98 Å². The summed E-state index contributed by atoms with van der Waals surface area (Å²) in [6.07, 6.45) is 3.00. The Morgan fingerprint density at radius 3 is 2.49 bits per heavy atom. The summed E-state index contributed by atoms with van der Waals surface area (Å²) in [4.78, 5) is 22.6. The van der Waals surface area contributed by atoms with Crippen LogP contribution in [0.3, 0.4) is 0 Å². The third kappa shape index (κ3) is 6.27. The molecule has 1 fully saturated rings. The molecular weight excluding hydrogens is 530 g/mol. The van der Waals surface area contributed by atoms with Crippen molar-refractivity contribution in [2.75, 3.05) is 25.9 Å². The van der Waals surface area contributed by atoms with Crippen LogP contribution in [0.2, 0.25) is 0 Å². The van der Waals surface area contributed by atoms with Gasteiger partial charge in [-0.05, 0) is 70.0 Å². The molecular formula is C31H34F2N4O4. The van der Waals surface area contributed by atoms with Crippen molar-refractivity contribution in [3.8, 4) is 22.6 Å². The zero-order valence-electron chi connectivity index (χ0n) is 23.6. The number of halogens is 2. The zero-order valence-corrected chi connectivity index (χ0v) is 23.6. The number of nitrogens with zero attached hydrogens (tertiary/aromatic N) is 2. The lowest BCUT2D eigenvalue weighted by molar-refractivity contribution is 0.0204. The highest BCUT2D eigenvalue weighted by Gasteiger charge is 2.29. The number of amides is 1. The second-order valence-electron chi connectivity index (χ2n) is 11.2. The Balaban J connectivity index is 1.50. The van der Waals surface area contributed by atoms with Gasteiger partial charge < -0.3 is 29.8 Å². The van der Waals surface area contributed by atoms with Crippen molar-refractivity contribution in [2.45, 2.75) is 51.7 Å². The molecule has 3 N–H and O–H groups in total. The summed E-state index contributed by atoms with van der Waals surface area (Å²) in [5.41, 5.74) is 9.98. The number of H-pyrrole nitrogens is 1. The van der Waals surface area contributed by atoms with Gasteiger partial charge in [0.15, 0.2) is 11.6 Å². The van der Waals surface area contributed by atoms with Crippen LogP contribution < -0.4 is 10.5 Å². The molecule has 0 unspecified atom stereocenters. The van der Waals surface area contributed by atoms with Crippen LogP contribution in [-0.2, 0) is 16.1 Å². The number of anilines is 1. The number of ether oxygens (including phenoxy) is 3. The van der Waals surface area contributed by atoms with Gasteiger partial charge in [0.1, 0.15) is 17.2 Å². The fourth-order valence-corrected chi connectivity index (χ4v) is 5.10.